The first-order chi connectivity index (χ1) is 16.2. The molecule has 5 N–H and O–H groups in total. The average Bonchev–Trinajstić information content (AvgIpc) is 2.80. The molecule has 4 rings (SSSR count). The van der Waals surface area contributed by atoms with Crippen LogP contribution >= 0.6 is 11.6 Å². The lowest BCUT2D eigenvalue weighted by molar-refractivity contribution is 0.100. The molecule has 3 aromatic rings. The molecule has 1 atom stereocenters. The van der Waals surface area contributed by atoms with Crippen molar-refractivity contribution in [1.82, 2.24) is 14.5 Å². The summed E-state index contributed by atoms with van der Waals surface area (Å²) in [5.41, 5.74) is 13.5. The maximum atomic E-state index is 13.2. The second kappa shape index (κ2) is 9.82. The highest BCUT2D eigenvalue weighted by molar-refractivity contribution is 6.30. The summed E-state index contributed by atoms with van der Waals surface area (Å²) in [5, 5.41) is 3.78. The number of pyridine rings is 1. The molecule has 0 saturated carbocycles. The van der Waals surface area contributed by atoms with Crippen LogP contribution in [0.1, 0.15) is 43.1 Å². The minimum atomic E-state index is -0.653. The third-order valence-electron chi connectivity index (χ3n) is 5.80. The van der Waals surface area contributed by atoms with Crippen LogP contribution < -0.4 is 27.2 Å². The van der Waals surface area contributed by atoms with Crippen molar-refractivity contribution < 1.29 is 4.79 Å². The molecule has 1 aromatic carbocycles. The van der Waals surface area contributed by atoms with E-state index in [0.717, 1.165) is 24.9 Å². The van der Waals surface area contributed by atoms with Gasteiger partial charge in [-0.1, -0.05) is 23.7 Å². The van der Waals surface area contributed by atoms with Crippen molar-refractivity contribution in [1.29, 1.82) is 0 Å². The molecule has 9 nitrogen and oxygen atoms in total. The summed E-state index contributed by atoms with van der Waals surface area (Å²) in [4.78, 5) is 36.2. The van der Waals surface area contributed by atoms with Crippen molar-refractivity contribution in [2.24, 2.45) is 11.5 Å². The van der Waals surface area contributed by atoms with Gasteiger partial charge < -0.3 is 26.3 Å². The molecule has 10 heteroatoms. The summed E-state index contributed by atoms with van der Waals surface area (Å²) < 4.78 is 1.63. The van der Waals surface area contributed by atoms with Crippen LogP contribution in [0.4, 0.5) is 17.5 Å². The minimum absolute atomic E-state index is 0.0427. The number of rotatable bonds is 6. The largest absolute Gasteiger partial charge is 0.365 e. The number of nitrogens with one attached hydrogen (secondary N) is 1. The van der Waals surface area contributed by atoms with E-state index in [4.69, 9.17) is 23.1 Å². The van der Waals surface area contributed by atoms with E-state index in [0.29, 0.717) is 28.8 Å². The summed E-state index contributed by atoms with van der Waals surface area (Å²) in [6.07, 6.45) is 5.02. The Morgan fingerprint density at radius 3 is 2.65 bits per heavy atom. The molecule has 1 aliphatic heterocycles. The molecular formula is C24H28ClN7O2. The van der Waals surface area contributed by atoms with Crippen molar-refractivity contribution in [3.8, 4) is 11.1 Å². The van der Waals surface area contributed by atoms with Gasteiger partial charge in [0, 0.05) is 48.2 Å². The van der Waals surface area contributed by atoms with E-state index >= 15 is 0 Å². The van der Waals surface area contributed by atoms with E-state index in [1.807, 2.05) is 18.7 Å². The first-order valence-electron chi connectivity index (χ1n) is 11.2. The van der Waals surface area contributed by atoms with Gasteiger partial charge in [0.25, 0.3) is 11.5 Å². The van der Waals surface area contributed by atoms with Crippen molar-refractivity contribution >= 4 is 35.0 Å². The fraction of sp³-hybridized carbons (Fsp3) is 0.333. The number of primary amides is 1. The third-order valence-corrected chi connectivity index (χ3v) is 6.05. The number of nitrogens with zero attached hydrogens (tertiary/aromatic N) is 4. The Morgan fingerprint density at radius 1 is 1.26 bits per heavy atom. The molecule has 0 bridgehead atoms. The Labute approximate surface area is 202 Å². The predicted molar refractivity (Wildman–Crippen MR) is 135 cm³/mol. The summed E-state index contributed by atoms with van der Waals surface area (Å²) in [6, 6.07) is 8.75. The standard InChI is InChI=1S/C24H28ClN7O2/c1-14(2)32-13-18(10-19(23(32)34)15-5-7-16(25)8-6-15)29-22-20(21(27)33)11-28-24(30-22)31-9-3-4-17(26)12-31/h5-8,10-11,13-14,17H,3-4,9,12,26H2,1-2H3,(H2,27,33)(H,28,29,30)/t17-/m0/s1. The molecule has 1 saturated heterocycles. The first-order valence-corrected chi connectivity index (χ1v) is 11.6. The van der Waals surface area contributed by atoms with E-state index in [9.17, 15) is 9.59 Å². The fourth-order valence-electron chi connectivity index (χ4n) is 4.02. The number of amides is 1. The number of hydrogen-bond donors (Lipinski definition) is 3. The topological polar surface area (TPSA) is 132 Å². The Bertz CT molecular complexity index is 1260. The van der Waals surface area contributed by atoms with Crippen molar-refractivity contribution in [2.75, 3.05) is 23.3 Å². The van der Waals surface area contributed by atoms with Crippen LogP contribution in [0.25, 0.3) is 11.1 Å². The van der Waals surface area contributed by atoms with E-state index in [1.165, 1.54) is 6.20 Å². The van der Waals surface area contributed by atoms with Gasteiger partial charge in [0.05, 0.1) is 5.69 Å². The zero-order valence-corrected chi connectivity index (χ0v) is 19.9. The van der Waals surface area contributed by atoms with Crippen LogP contribution in [0.15, 0.2) is 47.5 Å². The molecule has 1 amide bonds. The second-order valence-corrected chi connectivity index (χ2v) is 9.16. The third kappa shape index (κ3) is 5.05. The Kier molecular flexibility index (Phi) is 6.85. The lowest BCUT2D eigenvalue weighted by atomic mass is 10.1. The van der Waals surface area contributed by atoms with Crippen LogP contribution in [0, 0.1) is 0 Å². The van der Waals surface area contributed by atoms with Gasteiger partial charge in [-0.3, -0.25) is 9.59 Å². The summed E-state index contributed by atoms with van der Waals surface area (Å²) >= 11 is 6.03. The smallest absolute Gasteiger partial charge is 0.258 e. The number of nitrogens with two attached hydrogens (primary N) is 2. The van der Waals surface area contributed by atoms with Gasteiger partial charge in [-0.2, -0.15) is 4.98 Å². The molecule has 3 heterocycles. The minimum Gasteiger partial charge on any atom is -0.365 e. The molecule has 0 unspecified atom stereocenters. The van der Waals surface area contributed by atoms with E-state index < -0.39 is 5.91 Å². The van der Waals surface area contributed by atoms with Gasteiger partial charge in [-0.15, -0.1) is 0 Å². The average molecular weight is 482 g/mol. The first kappa shape index (κ1) is 23.7. The van der Waals surface area contributed by atoms with Gasteiger partial charge in [0.2, 0.25) is 5.95 Å². The van der Waals surface area contributed by atoms with Crippen LogP contribution in [0.3, 0.4) is 0 Å². The van der Waals surface area contributed by atoms with Crippen molar-refractivity contribution in [3.05, 3.63) is 63.7 Å². The molecular weight excluding hydrogens is 454 g/mol. The number of benzene rings is 1. The number of carbonyl (C=O) groups is 1. The van der Waals surface area contributed by atoms with E-state index in [-0.39, 0.29) is 29.0 Å². The molecule has 0 aliphatic carbocycles. The second-order valence-electron chi connectivity index (χ2n) is 8.73. The van der Waals surface area contributed by atoms with Gasteiger partial charge >= 0.3 is 0 Å². The summed E-state index contributed by atoms with van der Waals surface area (Å²) in [6.45, 7) is 5.26. The molecule has 1 aliphatic rings. The summed E-state index contributed by atoms with van der Waals surface area (Å²) in [7, 11) is 0. The SMILES string of the molecule is CC(C)n1cc(Nc2nc(N3CCC[C@H](N)C3)ncc2C(N)=O)cc(-c2ccc(Cl)cc2)c1=O. The van der Waals surface area contributed by atoms with Gasteiger partial charge in [-0.25, -0.2) is 4.98 Å². The van der Waals surface area contributed by atoms with E-state index in [1.54, 1.807) is 41.1 Å². The lowest BCUT2D eigenvalue weighted by Crippen LogP contribution is -2.43. The quantitative estimate of drug-likeness (QED) is 0.492. The van der Waals surface area contributed by atoms with Crippen LogP contribution in [-0.4, -0.2) is 39.6 Å². The van der Waals surface area contributed by atoms with Crippen LogP contribution in [-0.2, 0) is 0 Å². The maximum absolute atomic E-state index is 13.2. The Morgan fingerprint density at radius 2 is 2.00 bits per heavy atom. The van der Waals surface area contributed by atoms with Gasteiger partial charge in [0.1, 0.15) is 11.4 Å². The highest BCUT2D eigenvalue weighted by Gasteiger charge is 2.22. The van der Waals surface area contributed by atoms with Crippen molar-refractivity contribution in [2.45, 2.75) is 38.8 Å². The Balaban J connectivity index is 1.78. The van der Waals surface area contributed by atoms with Gasteiger partial charge in [-0.05, 0) is 50.5 Å². The molecule has 34 heavy (non-hydrogen) atoms. The Hall–Kier alpha value is -3.43. The number of halogens is 1. The van der Waals surface area contributed by atoms with Crippen LogP contribution in [0.2, 0.25) is 5.02 Å². The fourth-order valence-corrected chi connectivity index (χ4v) is 4.15. The highest BCUT2D eigenvalue weighted by Crippen LogP contribution is 2.26. The lowest BCUT2D eigenvalue weighted by Gasteiger charge is -2.31. The number of anilines is 3. The molecule has 0 radical (unpaired) electrons. The number of carbonyl (C=O) groups excluding carboxylic acids is 1. The van der Waals surface area contributed by atoms with E-state index in [2.05, 4.69) is 15.3 Å². The van der Waals surface area contributed by atoms with Crippen LogP contribution in [0.5, 0.6) is 0 Å². The summed E-state index contributed by atoms with van der Waals surface area (Å²) in [5.74, 6) is 0.0879. The molecule has 1 fully saturated rings. The molecule has 0 spiro atoms. The number of aromatic nitrogens is 3. The number of hydrogen-bond acceptors (Lipinski definition) is 7. The van der Waals surface area contributed by atoms with Gasteiger partial charge in [0.15, 0.2) is 0 Å². The zero-order chi connectivity index (χ0) is 24.4. The molecule has 178 valence electrons. The van der Waals surface area contributed by atoms with Crippen molar-refractivity contribution in [3.63, 3.8) is 0 Å². The normalized spacial score (nSPS) is 16.0. The molecule has 2 aromatic heterocycles. The maximum Gasteiger partial charge on any atom is 0.258 e. The zero-order valence-electron chi connectivity index (χ0n) is 19.2. The predicted octanol–water partition coefficient (Wildman–Crippen LogP) is 3.31. The monoisotopic (exact) mass is 481 g/mol. The number of piperidine rings is 1. The highest BCUT2D eigenvalue weighted by atomic mass is 35.5.